The summed E-state index contributed by atoms with van der Waals surface area (Å²) in [7, 11) is 4.19. The van der Waals surface area contributed by atoms with Crippen LogP contribution in [0.5, 0.6) is 0 Å². The molecule has 3 heterocycles. The third kappa shape index (κ3) is 2.24. The summed E-state index contributed by atoms with van der Waals surface area (Å²) in [5.74, 6) is -0.246. The molecule has 4 nitrogen and oxygen atoms in total. The van der Waals surface area contributed by atoms with Gasteiger partial charge in [0.1, 0.15) is 18.3 Å². The molecule has 0 radical (unpaired) electrons. The highest BCUT2D eigenvalue weighted by Gasteiger charge is 2.59. The Balaban J connectivity index is 1.80. The molecule has 0 spiro atoms. The Morgan fingerprint density at radius 1 is 1.00 bits per heavy atom. The molecular weight excluding hydrogens is 302 g/mol. The number of hydrogen-bond donors (Lipinski definition) is 0. The van der Waals surface area contributed by atoms with Crippen molar-refractivity contribution in [3.8, 4) is 0 Å². The summed E-state index contributed by atoms with van der Waals surface area (Å²) < 4.78 is 18.7. The average Bonchev–Trinajstić information content (AvgIpc) is 2.98. The Kier molecular flexibility index (Phi) is 3.57. The van der Waals surface area contributed by atoms with Gasteiger partial charge in [0.05, 0.1) is 6.10 Å². The molecule has 4 rings (SSSR count). The van der Waals surface area contributed by atoms with Crippen LogP contribution in [0.15, 0.2) is 29.8 Å². The van der Waals surface area contributed by atoms with E-state index in [1.807, 2.05) is 13.8 Å². The number of fused-ring (bicyclic) bond motifs is 5. The van der Waals surface area contributed by atoms with Crippen molar-refractivity contribution >= 4 is 11.3 Å². The van der Waals surface area contributed by atoms with Crippen LogP contribution in [-0.2, 0) is 14.2 Å². The third-order valence-corrected chi connectivity index (χ3v) is 5.57. The fraction of sp³-hybridized carbons (Fsp3) is 0.600. The van der Waals surface area contributed by atoms with E-state index in [1.54, 1.807) is 0 Å². The van der Waals surface area contributed by atoms with Gasteiger partial charge in [-0.15, -0.1) is 0 Å². The highest BCUT2D eigenvalue weighted by molar-refractivity contribution is 5.81. The first-order valence-electron chi connectivity index (χ1n) is 8.78. The number of hydrogen-bond acceptors (Lipinski definition) is 4. The van der Waals surface area contributed by atoms with E-state index >= 15 is 0 Å². The smallest absolute Gasteiger partial charge is 0.164 e. The van der Waals surface area contributed by atoms with Crippen molar-refractivity contribution in [2.75, 3.05) is 19.0 Å². The SMILES string of the molecule is CC1=C(c2ccccc2N(C)C)C(C)[C@@H]2O[C@H]1[C@H]1OC(C)(C)O[C@H]12. The Labute approximate surface area is 144 Å². The summed E-state index contributed by atoms with van der Waals surface area (Å²) in [5, 5.41) is 0. The van der Waals surface area contributed by atoms with E-state index in [2.05, 4.69) is 57.1 Å². The molecule has 130 valence electrons. The molecule has 24 heavy (non-hydrogen) atoms. The van der Waals surface area contributed by atoms with Crippen molar-refractivity contribution in [2.24, 2.45) is 5.92 Å². The van der Waals surface area contributed by atoms with Crippen molar-refractivity contribution in [3.05, 3.63) is 35.4 Å². The minimum absolute atomic E-state index is 0.00327. The monoisotopic (exact) mass is 329 g/mol. The maximum absolute atomic E-state index is 6.31. The molecule has 1 aromatic rings. The summed E-state index contributed by atoms with van der Waals surface area (Å²) in [4.78, 5) is 2.18. The molecule has 0 aliphatic carbocycles. The van der Waals surface area contributed by atoms with Crippen LogP contribution in [0.4, 0.5) is 5.69 Å². The lowest BCUT2D eigenvalue weighted by atomic mass is 9.84. The number of anilines is 1. The summed E-state index contributed by atoms with van der Waals surface area (Å²) >= 11 is 0. The van der Waals surface area contributed by atoms with Crippen LogP contribution in [0, 0.1) is 5.92 Å². The minimum atomic E-state index is -0.519. The van der Waals surface area contributed by atoms with Crippen LogP contribution in [0.1, 0.15) is 33.3 Å². The topological polar surface area (TPSA) is 30.9 Å². The van der Waals surface area contributed by atoms with Gasteiger partial charge in [0, 0.05) is 31.3 Å². The number of ether oxygens (including phenoxy) is 3. The van der Waals surface area contributed by atoms with Gasteiger partial charge in [0.15, 0.2) is 5.79 Å². The Morgan fingerprint density at radius 2 is 1.67 bits per heavy atom. The normalized spacial score (nSPS) is 36.8. The standard InChI is InChI=1S/C20H27NO3/c1-11-15(13-9-7-8-10-14(13)21(5)6)12(2)17-19-18(16(11)22-17)23-20(3,4)24-19/h7-11,16-19H,1-6H3/t11?,16-,17+,18-,19+/m0/s1. The van der Waals surface area contributed by atoms with Gasteiger partial charge >= 0.3 is 0 Å². The third-order valence-electron chi connectivity index (χ3n) is 5.57. The molecule has 4 heteroatoms. The van der Waals surface area contributed by atoms with Gasteiger partial charge in [-0.25, -0.2) is 0 Å². The van der Waals surface area contributed by atoms with Gasteiger partial charge in [0.25, 0.3) is 0 Å². The second-order valence-electron chi connectivity index (χ2n) is 7.88. The maximum Gasteiger partial charge on any atom is 0.164 e. The number of nitrogens with zero attached hydrogens (tertiary/aromatic N) is 1. The molecule has 3 aliphatic heterocycles. The van der Waals surface area contributed by atoms with Crippen molar-refractivity contribution in [1.29, 1.82) is 0 Å². The molecule has 2 saturated heterocycles. The van der Waals surface area contributed by atoms with E-state index in [0.717, 1.165) is 0 Å². The van der Waals surface area contributed by atoms with Gasteiger partial charge in [-0.1, -0.05) is 25.1 Å². The lowest BCUT2D eigenvalue weighted by Crippen LogP contribution is -2.36. The first-order chi connectivity index (χ1) is 11.3. The van der Waals surface area contributed by atoms with Crippen LogP contribution in [-0.4, -0.2) is 44.3 Å². The molecule has 0 amide bonds. The Hall–Kier alpha value is -1.36. The first-order valence-corrected chi connectivity index (χ1v) is 8.78. The van der Waals surface area contributed by atoms with Gasteiger partial charge in [-0.05, 0) is 38.0 Å². The van der Waals surface area contributed by atoms with Gasteiger partial charge < -0.3 is 19.1 Å². The van der Waals surface area contributed by atoms with E-state index in [-0.39, 0.29) is 30.3 Å². The van der Waals surface area contributed by atoms with Crippen LogP contribution < -0.4 is 4.90 Å². The molecule has 2 bridgehead atoms. The zero-order valence-electron chi connectivity index (χ0n) is 15.4. The molecule has 1 aromatic carbocycles. The maximum atomic E-state index is 6.31. The molecule has 0 saturated carbocycles. The van der Waals surface area contributed by atoms with Crippen LogP contribution >= 0.6 is 0 Å². The van der Waals surface area contributed by atoms with Gasteiger partial charge in [-0.2, -0.15) is 0 Å². The summed E-state index contributed by atoms with van der Waals surface area (Å²) in [6.45, 7) is 8.43. The van der Waals surface area contributed by atoms with E-state index in [1.165, 1.54) is 22.4 Å². The average molecular weight is 329 g/mol. The highest BCUT2D eigenvalue weighted by atomic mass is 16.8. The first kappa shape index (κ1) is 16.1. The lowest BCUT2D eigenvalue weighted by Gasteiger charge is -2.35. The fourth-order valence-electron chi connectivity index (χ4n) is 4.61. The van der Waals surface area contributed by atoms with Crippen molar-refractivity contribution in [1.82, 2.24) is 0 Å². The number of rotatable bonds is 2. The fourth-order valence-corrected chi connectivity index (χ4v) is 4.61. The predicted molar refractivity (Wildman–Crippen MR) is 95.0 cm³/mol. The molecule has 5 atom stereocenters. The van der Waals surface area contributed by atoms with E-state index in [0.29, 0.717) is 0 Å². The Morgan fingerprint density at radius 3 is 2.38 bits per heavy atom. The zero-order valence-corrected chi connectivity index (χ0v) is 15.4. The van der Waals surface area contributed by atoms with E-state index in [4.69, 9.17) is 14.2 Å². The van der Waals surface area contributed by atoms with Gasteiger partial charge in [0.2, 0.25) is 0 Å². The minimum Gasteiger partial charge on any atom is -0.377 e. The molecule has 1 unspecified atom stereocenters. The molecule has 2 fully saturated rings. The number of para-hydroxylation sites is 1. The largest absolute Gasteiger partial charge is 0.377 e. The van der Waals surface area contributed by atoms with E-state index < -0.39 is 5.79 Å². The second-order valence-corrected chi connectivity index (χ2v) is 7.88. The number of benzene rings is 1. The van der Waals surface area contributed by atoms with E-state index in [9.17, 15) is 0 Å². The highest BCUT2D eigenvalue weighted by Crippen LogP contribution is 2.51. The molecule has 3 aliphatic rings. The van der Waals surface area contributed by atoms with Crippen LogP contribution in [0.2, 0.25) is 0 Å². The summed E-state index contributed by atoms with van der Waals surface area (Å²) in [6.07, 6.45) is 0.0503. The molecule has 0 aromatic heterocycles. The summed E-state index contributed by atoms with van der Waals surface area (Å²) in [6, 6.07) is 8.61. The molecular formula is C20H27NO3. The van der Waals surface area contributed by atoms with Crippen molar-refractivity contribution in [3.63, 3.8) is 0 Å². The quantitative estimate of drug-likeness (QED) is 0.831. The molecule has 0 N–H and O–H groups in total. The second kappa shape index (κ2) is 5.32. The zero-order chi connectivity index (χ0) is 17.2. The predicted octanol–water partition coefficient (Wildman–Crippen LogP) is 3.46. The van der Waals surface area contributed by atoms with Gasteiger partial charge in [-0.3, -0.25) is 0 Å². The Bertz CT molecular complexity index is 694. The lowest BCUT2D eigenvalue weighted by molar-refractivity contribution is -0.187. The van der Waals surface area contributed by atoms with Crippen LogP contribution in [0.3, 0.4) is 0 Å². The van der Waals surface area contributed by atoms with Crippen molar-refractivity contribution in [2.45, 2.75) is 57.9 Å². The summed E-state index contributed by atoms with van der Waals surface area (Å²) in [5.41, 5.74) is 5.21. The van der Waals surface area contributed by atoms with Crippen LogP contribution in [0.25, 0.3) is 5.57 Å². The van der Waals surface area contributed by atoms with Crippen molar-refractivity contribution < 1.29 is 14.2 Å².